The lowest BCUT2D eigenvalue weighted by atomic mass is 9.99. The molecule has 0 spiro atoms. The van der Waals surface area contributed by atoms with Crippen LogP contribution in [0.2, 0.25) is 0 Å². The van der Waals surface area contributed by atoms with Crippen molar-refractivity contribution in [3.05, 3.63) is 58.9 Å². The zero-order valence-electron chi connectivity index (χ0n) is 9.95. The summed E-state index contributed by atoms with van der Waals surface area (Å²) in [7, 11) is 0. The first kappa shape index (κ1) is 11.1. The summed E-state index contributed by atoms with van der Waals surface area (Å²) in [5, 5.41) is 0. The minimum atomic E-state index is -0.336. The molecule has 0 heterocycles. The van der Waals surface area contributed by atoms with Crippen LogP contribution in [-0.2, 0) is 12.8 Å². The molecule has 18 heavy (non-hydrogen) atoms. The Labute approximate surface area is 105 Å². The number of aldehydes is 1. The van der Waals surface area contributed by atoms with Gasteiger partial charge in [-0.2, -0.15) is 0 Å². The highest BCUT2D eigenvalue weighted by atomic mass is 19.1. The second-order valence-electron chi connectivity index (χ2n) is 4.69. The van der Waals surface area contributed by atoms with Gasteiger partial charge in [0.05, 0.1) is 0 Å². The van der Waals surface area contributed by atoms with Gasteiger partial charge in [-0.05, 0) is 42.0 Å². The van der Waals surface area contributed by atoms with Gasteiger partial charge in [0.15, 0.2) is 0 Å². The quantitative estimate of drug-likeness (QED) is 0.730. The number of hydrogen-bond acceptors (Lipinski definition) is 1. The third kappa shape index (κ3) is 1.84. The van der Waals surface area contributed by atoms with Crippen molar-refractivity contribution in [1.29, 1.82) is 0 Å². The Morgan fingerprint density at radius 2 is 1.83 bits per heavy atom. The molecule has 0 bridgehead atoms. The predicted molar refractivity (Wildman–Crippen MR) is 69.2 cm³/mol. The van der Waals surface area contributed by atoms with Gasteiger partial charge in [-0.3, -0.25) is 4.79 Å². The van der Waals surface area contributed by atoms with E-state index >= 15 is 0 Å². The van der Waals surface area contributed by atoms with Crippen LogP contribution in [-0.4, -0.2) is 6.29 Å². The van der Waals surface area contributed by atoms with Gasteiger partial charge in [-0.1, -0.05) is 30.3 Å². The molecule has 0 aromatic heterocycles. The van der Waals surface area contributed by atoms with Gasteiger partial charge in [-0.15, -0.1) is 0 Å². The number of carbonyl (C=O) groups excluding carboxylic acids is 1. The molecule has 0 atom stereocenters. The van der Waals surface area contributed by atoms with Crippen molar-refractivity contribution >= 4 is 6.29 Å². The van der Waals surface area contributed by atoms with E-state index < -0.39 is 0 Å². The highest BCUT2D eigenvalue weighted by Crippen LogP contribution is 2.29. The number of fused-ring (bicyclic) bond motifs is 1. The van der Waals surface area contributed by atoms with Gasteiger partial charge in [0, 0.05) is 11.1 Å². The first-order chi connectivity index (χ1) is 8.78. The molecule has 2 heteroatoms. The van der Waals surface area contributed by atoms with Crippen molar-refractivity contribution in [3.8, 4) is 11.1 Å². The summed E-state index contributed by atoms with van der Waals surface area (Å²) in [4.78, 5) is 10.6. The van der Waals surface area contributed by atoms with Crippen molar-refractivity contribution in [2.45, 2.75) is 19.3 Å². The fourth-order valence-electron chi connectivity index (χ4n) is 2.58. The molecular formula is C16H13FO. The average molecular weight is 240 g/mol. The molecule has 2 aromatic carbocycles. The molecule has 90 valence electrons. The molecule has 1 aliphatic carbocycles. The molecule has 0 N–H and O–H groups in total. The Morgan fingerprint density at radius 1 is 1.00 bits per heavy atom. The number of halogens is 1. The molecule has 0 unspecified atom stereocenters. The Hall–Kier alpha value is -1.96. The van der Waals surface area contributed by atoms with Crippen molar-refractivity contribution in [3.63, 3.8) is 0 Å². The normalized spacial score (nSPS) is 13.4. The largest absolute Gasteiger partial charge is 0.298 e. The van der Waals surface area contributed by atoms with Gasteiger partial charge >= 0.3 is 0 Å². The summed E-state index contributed by atoms with van der Waals surface area (Å²) in [5.74, 6) is -0.336. The number of rotatable bonds is 2. The summed E-state index contributed by atoms with van der Waals surface area (Å²) >= 11 is 0. The lowest BCUT2D eigenvalue weighted by molar-refractivity contribution is 0.112. The Balaban J connectivity index is 2.07. The number of benzene rings is 2. The standard InChI is InChI=1S/C16H13FO/c17-16-8-11(10-18)4-7-15(16)14-6-5-12-2-1-3-13(12)9-14/h4-10H,1-3H2. The number of aryl methyl sites for hydroxylation is 2. The summed E-state index contributed by atoms with van der Waals surface area (Å²) in [6.45, 7) is 0. The van der Waals surface area contributed by atoms with E-state index in [1.54, 1.807) is 12.1 Å². The third-order valence-electron chi connectivity index (χ3n) is 3.54. The van der Waals surface area contributed by atoms with Crippen LogP contribution >= 0.6 is 0 Å². The van der Waals surface area contributed by atoms with Gasteiger partial charge < -0.3 is 0 Å². The molecule has 0 aliphatic heterocycles. The number of hydrogen-bond donors (Lipinski definition) is 0. The highest BCUT2D eigenvalue weighted by Gasteiger charge is 2.13. The Bertz CT molecular complexity index is 616. The van der Waals surface area contributed by atoms with E-state index in [1.807, 2.05) is 6.07 Å². The second kappa shape index (κ2) is 4.37. The van der Waals surface area contributed by atoms with Crippen LogP contribution in [0.1, 0.15) is 27.9 Å². The smallest absolute Gasteiger partial charge is 0.150 e. The maximum absolute atomic E-state index is 13.9. The Kier molecular flexibility index (Phi) is 2.71. The molecule has 0 saturated carbocycles. The van der Waals surface area contributed by atoms with Crippen LogP contribution < -0.4 is 0 Å². The molecule has 0 saturated heterocycles. The topological polar surface area (TPSA) is 17.1 Å². The van der Waals surface area contributed by atoms with Crippen LogP contribution in [0.4, 0.5) is 4.39 Å². The van der Waals surface area contributed by atoms with Gasteiger partial charge in [-0.25, -0.2) is 4.39 Å². The van der Waals surface area contributed by atoms with Crippen molar-refractivity contribution in [2.24, 2.45) is 0 Å². The second-order valence-corrected chi connectivity index (χ2v) is 4.69. The van der Waals surface area contributed by atoms with Crippen LogP contribution in [0.3, 0.4) is 0 Å². The van der Waals surface area contributed by atoms with Crippen molar-refractivity contribution in [1.82, 2.24) is 0 Å². The van der Waals surface area contributed by atoms with E-state index in [4.69, 9.17) is 0 Å². The summed E-state index contributed by atoms with van der Waals surface area (Å²) in [5.41, 5.74) is 4.54. The van der Waals surface area contributed by atoms with Crippen LogP contribution in [0.25, 0.3) is 11.1 Å². The van der Waals surface area contributed by atoms with E-state index in [9.17, 15) is 9.18 Å². The van der Waals surface area contributed by atoms with Gasteiger partial charge in [0.1, 0.15) is 12.1 Å². The van der Waals surface area contributed by atoms with E-state index in [1.165, 1.54) is 23.6 Å². The minimum Gasteiger partial charge on any atom is -0.298 e. The van der Waals surface area contributed by atoms with Gasteiger partial charge in [0.2, 0.25) is 0 Å². The van der Waals surface area contributed by atoms with E-state index in [2.05, 4.69) is 12.1 Å². The SMILES string of the molecule is O=Cc1ccc(-c2ccc3c(c2)CCC3)c(F)c1. The molecular weight excluding hydrogens is 227 g/mol. The first-order valence-corrected chi connectivity index (χ1v) is 6.15. The van der Waals surface area contributed by atoms with Crippen molar-refractivity contribution < 1.29 is 9.18 Å². The van der Waals surface area contributed by atoms with Crippen molar-refractivity contribution in [2.75, 3.05) is 0 Å². The zero-order valence-corrected chi connectivity index (χ0v) is 9.95. The molecule has 0 radical (unpaired) electrons. The van der Waals surface area contributed by atoms with Crippen LogP contribution in [0.5, 0.6) is 0 Å². The first-order valence-electron chi connectivity index (χ1n) is 6.15. The molecule has 1 nitrogen and oxygen atoms in total. The molecule has 0 fully saturated rings. The summed E-state index contributed by atoms with van der Waals surface area (Å²) in [6, 6.07) is 10.7. The fraction of sp³-hybridized carbons (Fsp3) is 0.188. The molecule has 0 amide bonds. The maximum Gasteiger partial charge on any atom is 0.150 e. The van der Waals surface area contributed by atoms with Crippen LogP contribution in [0.15, 0.2) is 36.4 Å². The van der Waals surface area contributed by atoms with E-state index in [0.717, 1.165) is 18.4 Å². The predicted octanol–water partition coefficient (Wildman–Crippen LogP) is 3.79. The fourth-order valence-corrected chi connectivity index (χ4v) is 2.58. The molecule has 1 aliphatic rings. The Morgan fingerprint density at radius 3 is 2.61 bits per heavy atom. The lowest BCUT2D eigenvalue weighted by Gasteiger charge is -2.07. The van der Waals surface area contributed by atoms with E-state index in [-0.39, 0.29) is 5.82 Å². The lowest BCUT2D eigenvalue weighted by Crippen LogP contribution is -1.90. The average Bonchev–Trinajstić information content (AvgIpc) is 2.85. The van der Waals surface area contributed by atoms with E-state index in [0.29, 0.717) is 17.4 Å². The van der Waals surface area contributed by atoms with Gasteiger partial charge in [0.25, 0.3) is 0 Å². The van der Waals surface area contributed by atoms with Crippen LogP contribution in [0, 0.1) is 5.82 Å². The summed E-state index contributed by atoms with van der Waals surface area (Å²) in [6.07, 6.45) is 4.06. The third-order valence-corrected chi connectivity index (χ3v) is 3.54. The molecule has 3 rings (SSSR count). The molecule has 2 aromatic rings. The zero-order chi connectivity index (χ0) is 12.5. The number of carbonyl (C=O) groups is 1. The monoisotopic (exact) mass is 240 g/mol. The summed E-state index contributed by atoms with van der Waals surface area (Å²) < 4.78 is 13.9. The maximum atomic E-state index is 13.9. The highest BCUT2D eigenvalue weighted by molar-refractivity contribution is 5.77. The minimum absolute atomic E-state index is 0.336.